The van der Waals surface area contributed by atoms with Gasteiger partial charge in [0.2, 0.25) is 0 Å². The molecule has 0 unspecified atom stereocenters. The van der Waals surface area contributed by atoms with Crippen LogP contribution in [0.25, 0.3) is 6.08 Å². The van der Waals surface area contributed by atoms with Crippen molar-refractivity contribution in [2.24, 2.45) is 5.73 Å². The van der Waals surface area contributed by atoms with E-state index in [0.717, 1.165) is 30.1 Å². The van der Waals surface area contributed by atoms with Crippen molar-refractivity contribution in [1.82, 2.24) is 0 Å². The molecule has 3 heteroatoms. The Balaban J connectivity index is 2.39. The maximum Gasteiger partial charge on any atom is 0.164 e. The van der Waals surface area contributed by atoms with Crippen LogP contribution in [-0.2, 0) is 6.42 Å². The molecule has 0 fully saturated rings. The number of ether oxygens (including phenoxy) is 2. The lowest BCUT2D eigenvalue weighted by Gasteiger charge is -2.07. The van der Waals surface area contributed by atoms with Crippen LogP contribution in [-0.4, -0.2) is 20.3 Å². The lowest BCUT2D eigenvalue weighted by molar-refractivity contribution is 0.326. The van der Waals surface area contributed by atoms with Crippen molar-refractivity contribution in [2.75, 3.05) is 20.3 Å². The van der Waals surface area contributed by atoms with Gasteiger partial charge in [-0.2, -0.15) is 0 Å². The maximum atomic E-state index is 5.51. The molecule has 0 spiro atoms. The Morgan fingerprint density at radius 3 is 3.13 bits per heavy atom. The number of benzene rings is 1. The summed E-state index contributed by atoms with van der Waals surface area (Å²) in [5.74, 6) is 1.70. The number of fused-ring (bicyclic) bond motifs is 1. The number of methoxy groups -OCH3 is 1. The normalized spacial score (nSPS) is 14.0. The van der Waals surface area contributed by atoms with Gasteiger partial charge < -0.3 is 15.2 Å². The highest BCUT2D eigenvalue weighted by molar-refractivity contribution is 5.60. The van der Waals surface area contributed by atoms with Gasteiger partial charge in [-0.1, -0.05) is 12.2 Å². The van der Waals surface area contributed by atoms with E-state index < -0.39 is 0 Å². The lowest BCUT2D eigenvalue weighted by Crippen LogP contribution is -1.93. The molecule has 1 aliphatic heterocycles. The Morgan fingerprint density at radius 1 is 1.53 bits per heavy atom. The zero-order valence-corrected chi connectivity index (χ0v) is 8.82. The number of hydrogen-bond acceptors (Lipinski definition) is 3. The van der Waals surface area contributed by atoms with Crippen LogP contribution in [0.15, 0.2) is 18.2 Å². The average Bonchev–Trinajstić information content (AvgIpc) is 2.73. The second-order valence-electron chi connectivity index (χ2n) is 3.45. The maximum absolute atomic E-state index is 5.51. The van der Waals surface area contributed by atoms with E-state index in [2.05, 4.69) is 6.07 Å². The van der Waals surface area contributed by atoms with Crippen LogP contribution in [0, 0.1) is 0 Å². The summed E-state index contributed by atoms with van der Waals surface area (Å²) < 4.78 is 10.8. The van der Waals surface area contributed by atoms with E-state index in [1.165, 1.54) is 5.56 Å². The van der Waals surface area contributed by atoms with Gasteiger partial charge in [-0.25, -0.2) is 0 Å². The predicted molar refractivity (Wildman–Crippen MR) is 60.3 cm³/mol. The van der Waals surface area contributed by atoms with Crippen molar-refractivity contribution < 1.29 is 9.47 Å². The summed E-state index contributed by atoms with van der Waals surface area (Å²) in [5.41, 5.74) is 7.74. The van der Waals surface area contributed by atoms with E-state index >= 15 is 0 Å². The van der Waals surface area contributed by atoms with Crippen molar-refractivity contribution in [3.8, 4) is 11.5 Å². The summed E-state index contributed by atoms with van der Waals surface area (Å²) in [7, 11) is 1.66. The highest BCUT2D eigenvalue weighted by atomic mass is 16.5. The van der Waals surface area contributed by atoms with Gasteiger partial charge in [-0.05, 0) is 17.7 Å². The van der Waals surface area contributed by atoms with E-state index in [9.17, 15) is 0 Å². The molecule has 0 saturated heterocycles. The van der Waals surface area contributed by atoms with Gasteiger partial charge >= 0.3 is 0 Å². The molecular formula is C12H15NO2. The SMILES string of the molecule is COc1cc(/C=C/CN)cc2c1OCC2. The van der Waals surface area contributed by atoms with Crippen LogP contribution in [0.4, 0.5) is 0 Å². The minimum absolute atomic E-state index is 0.551. The zero-order valence-electron chi connectivity index (χ0n) is 8.82. The fourth-order valence-electron chi connectivity index (χ4n) is 1.75. The van der Waals surface area contributed by atoms with Gasteiger partial charge in [0.1, 0.15) is 0 Å². The van der Waals surface area contributed by atoms with E-state index in [-0.39, 0.29) is 0 Å². The molecule has 0 radical (unpaired) electrons. The Hall–Kier alpha value is -1.48. The fraction of sp³-hybridized carbons (Fsp3) is 0.333. The van der Waals surface area contributed by atoms with Gasteiger partial charge in [0, 0.05) is 18.5 Å². The molecular weight excluding hydrogens is 190 g/mol. The molecule has 2 rings (SSSR count). The summed E-state index contributed by atoms with van der Waals surface area (Å²) in [6.45, 7) is 1.30. The molecule has 0 atom stereocenters. The highest BCUT2D eigenvalue weighted by Crippen LogP contribution is 2.36. The van der Waals surface area contributed by atoms with E-state index in [4.69, 9.17) is 15.2 Å². The Kier molecular flexibility index (Phi) is 2.92. The molecule has 2 N–H and O–H groups in total. The van der Waals surface area contributed by atoms with Crippen molar-refractivity contribution in [3.63, 3.8) is 0 Å². The van der Waals surface area contributed by atoms with Gasteiger partial charge in [0.15, 0.2) is 11.5 Å². The first-order valence-corrected chi connectivity index (χ1v) is 5.05. The molecule has 0 aromatic heterocycles. The standard InChI is InChI=1S/C12H15NO2/c1-14-11-8-9(3-2-5-13)7-10-4-6-15-12(10)11/h2-3,7-8H,4-6,13H2,1H3/b3-2+. The quantitative estimate of drug-likeness (QED) is 0.815. The van der Waals surface area contributed by atoms with Crippen LogP contribution in [0.5, 0.6) is 11.5 Å². The van der Waals surface area contributed by atoms with Crippen LogP contribution in [0.3, 0.4) is 0 Å². The van der Waals surface area contributed by atoms with Crippen molar-refractivity contribution >= 4 is 6.08 Å². The average molecular weight is 205 g/mol. The molecule has 80 valence electrons. The van der Waals surface area contributed by atoms with E-state index in [1.54, 1.807) is 7.11 Å². The van der Waals surface area contributed by atoms with Gasteiger partial charge in [-0.15, -0.1) is 0 Å². The summed E-state index contributed by atoms with van der Waals surface area (Å²) in [5, 5.41) is 0. The van der Waals surface area contributed by atoms with Crippen LogP contribution < -0.4 is 15.2 Å². The molecule has 1 aromatic carbocycles. The third kappa shape index (κ3) is 1.97. The predicted octanol–water partition coefficient (Wildman–Crippen LogP) is 1.60. The molecule has 0 amide bonds. The third-order valence-corrected chi connectivity index (χ3v) is 2.44. The van der Waals surface area contributed by atoms with Crippen molar-refractivity contribution in [2.45, 2.75) is 6.42 Å². The number of nitrogens with two attached hydrogens (primary N) is 1. The minimum Gasteiger partial charge on any atom is -0.493 e. The number of rotatable bonds is 3. The molecule has 1 heterocycles. The third-order valence-electron chi connectivity index (χ3n) is 2.44. The Labute approximate surface area is 89.5 Å². The summed E-state index contributed by atoms with van der Waals surface area (Å²) in [6, 6.07) is 4.09. The first-order chi connectivity index (χ1) is 7.35. The van der Waals surface area contributed by atoms with Crippen LogP contribution in [0.2, 0.25) is 0 Å². The molecule has 0 aliphatic carbocycles. The molecule has 3 nitrogen and oxygen atoms in total. The molecule has 1 aliphatic rings. The minimum atomic E-state index is 0.551. The molecule has 1 aromatic rings. The Bertz CT molecular complexity index is 385. The van der Waals surface area contributed by atoms with Gasteiger partial charge in [-0.3, -0.25) is 0 Å². The summed E-state index contributed by atoms with van der Waals surface area (Å²) >= 11 is 0. The van der Waals surface area contributed by atoms with Gasteiger partial charge in [0.05, 0.1) is 13.7 Å². The molecule has 15 heavy (non-hydrogen) atoms. The summed E-state index contributed by atoms with van der Waals surface area (Å²) in [6.07, 6.45) is 4.88. The Morgan fingerprint density at radius 2 is 2.40 bits per heavy atom. The van der Waals surface area contributed by atoms with Crippen LogP contribution in [0.1, 0.15) is 11.1 Å². The topological polar surface area (TPSA) is 44.5 Å². The van der Waals surface area contributed by atoms with E-state index in [0.29, 0.717) is 6.54 Å². The lowest BCUT2D eigenvalue weighted by atomic mass is 10.1. The van der Waals surface area contributed by atoms with Crippen molar-refractivity contribution in [3.05, 3.63) is 29.3 Å². The van der Waals surface area contributed by atoms with Crippen molar-refractivity contribution in [1.29, 1.82) is 0 Å². The largest absolute Gasteiger partial charge is 0.493 e. The monoisotopic (exact) mass is 205 g/mol. The first kappa shape index (κ1) is 10.1. The van der Waals surface area contributed by atoms with Crippen LogP contribution >= 0.6 is 0 Å². The smallest absolute Gasteiger partial charge is 0.164 e. The zero-order chi connectivity index (χ0) is 10.7. The number of hydrogen-bond donors (Lipinski definition) is 1. The molecule has 0 saturated carbocycles. The molecule has 0 bridgehead atoms. The van der Waals surface area contributed by atoms with E-state index in [1.807, 2.05) is 18.2 Å². The summed E-state index contributed by atoms with van der Waals surface area (Å²) in [4.78, 5) is 0. The van der Waals surface area contributed by atoms with Gasteiger partial charge in [0.25, 0.3) is 0 Å². The second kappa shape index (κ2) is 4.36. The highest BCUT2D eigenvalue weighted by Gasteiger charge is 2.17. The first-order valence-electron chi connectivity index (χ1n) is 5.05. The second-order valence-corrected chi connectivity index (χ2v) is 3.45. The fourth-order valence-corrected chi connectivity index (χ4v) is 1.75.